The SMILES string of the molecule is COc1ccc(-c2cccc3c2C(=O)N(CCc2nc4ccccc4n2C)C3)cc1. The van der Waals surface area contributed by atoms with Crippen LogP contribution in [0.15, 0.2) is 66.7 Å². The van der Waals surface area contributed by atoms with Gasteiger partial charge in [-0.25, -0.2) is 4.98 Å². The molecule has 2 heterocycles. The number of nitrogens with zero attached hydrogens (tertiary/aromatic N) is 3. The van der Waals surface area contributed by atoms with E-state index in [1.807, 2.05) is 66.5 Å². The van der Waals surface area contributed by atoms with Crippen LogP contribution in [0.25, 0.3) is 22.2 Å². The van der Waals surface area contributed by atoms with Gasteiger partial charge in [0.25, 0.3) is 5.91 Å². The van der Waals surface area contributed by atoms with Crippen molar-refractivity contribution in [2.75, 3.05) is 13.7 Å². The number of amides is 1. The minimum atomic E-state index is 0.0928. The summed E-state index contributed by atoms with van der Waals surface area (Å²) >= 11 is 0. The molecule has 0 saturated carbocycles. The molecule has 1 amide bonds. The summed E-state index contributed by atoms with van der Waals surface area (Å²) in [6, 6.07) is 22.1. The van der Waals surface area contributed by atoms with Gasteiger partial charge in [-0.2, -0.15) is 0 Å². The van der Waals surface area contributed by atoms with Gasteiger partial charge >= 0.3 is 0 Å². The second-order valence-corrected chi connectivity index (χ2v) is 7.62. The molecule has 1 aromatic heterocycles. The summed E-state index contributed by atoms with van der Waals surface area (Å²) in [7, 11) is 3.69. The van der Waals surface area contributed by atoms with Crippen LogP contribution in [0.1, 0.15) is 21.7 Å². The van der Waals surface area contributed by atoms with E-state index in [-0.39, 0.29) is 5.91 Å². The number of methoxy groups -OCH3 is 1. The van der Waals surface area contributed by atoms with Crippen LogP contribution in [0, 0.1) is 0 Å². The van der Waals surface area contributed by atoms with Gasteiger partial charge in [0, 0.05) is 26.6 Å². The minimum Gasteiger partial charge on any atom is -0.497 e. The van der Waals surface area contributed by atoms with E-state index < -0.39 is 0 Å². The normalized spacial score (nSPS) is 13.1. The van der Waals surface area contributed by atoms with Crippen molar-refractivity contribution in [3.05, 3.63) is 83.7 Å². The van der Waals surface area contributed by atoms with Gasteiger partial charge in [0.2, 0.25) is 0 Å². The molecule has 5 rings (SSSR count). The Bertz CT molecular complexity index is 1240. The number of fused-ring (bicyclic) bond motifs is 2. The van der Waals surface area contributed by atoms with Crippen LogP contribution in [0.3, 0.4) is 0 Å². The van der Waals surface area contributed by atoms with Crippen molar-refractivity contribution in [3.8, 4) is 16.9 Å². The van der Waals surface area contributed by atoms with Crippen molar-refractivity contribution in [2.45, 2.75) is 13.0 Å². The van der Waals surface area contributed by atoms with Crippen LogP contribution in [0.2, 0.25) is 0 Å². The number of carbonyl (C=O) groups is 1. The van der Waals surface area contributed by atoms with E-state index in [0.717, 1.165) is 51.3 Å². The Balaban J connectivity index is 1.39. The van der Waals surface area contributed by atoms with Gasteiger partial charge in [0.05, 0.1) is 23.7 Å². The van der Waals surface area contributed by atoms with Crippen LogP contribution in [-0.2, 0) is 20.0 Å². The van der Waals surface area contributed by atoms with E-state index in [4.69, 9.17) is 9.72 Å². The van der Waals surface area contributed by atoms with Gasteiger partial charge in [-0.15, -0.1) is 0 Å². The maximum absolute atomic E-state index is 13.3. The molecule has 30 heavy (non-hydrogen) atoms. The molecule has 0 N–H and O–H groups in total. The maximum Gasteiger partial charge on any atom is 0.255 e. The summed E-state index contributed by atoms with van der Waals surface area (Å²) < 4.78 is 7.38. The lowest BCUT2D eigenvalue weighted by atomic mass is 9.97. The Morgan fingerprint density at radius 2 is 1.80 bits per heavy atom. The highest BCUT2D eigenvalue weighted by atomic mass is 16.5. The Hall–Kier alpha value is -3.60. The lowest BCUT2D eigenvalue weighted by Gasteiger charge is -2.15. The van der Waals surface area contributed by atoms with Crippen LogP contribution < -0.4 is 4.74 Å². The number of benzene rings is 3. The van der Waals surface area contributed by atoms with Gasteiger partial charge < -0.3 is 14.2 Å². The number of ether oxygens (including phenoxy) is 1. The number of aromatic nitrogens is 2. The van der Waals surface area contributed by atoms with Gasteiger partial charge in [-0.1, -0.05) is 42.5 Å². The zero-order chi connectivity index (χ0) is 20.7. The summed E-state index contributed by atoms with van der Waals surface area (Å²) in [4.78, 5) is 19.9. The molecule has 3 aromatic carbocycles. The second kappa shape index (κ2) is 7.34. The summed E-state index contributed by atoms with van der Waals surface area (Å²) in [5, 5.41) is 0. The highest BCUT2D eigenvalue weighted by molar-refractivity contribution is 6.04. The monoisotopic (exact) mass is 397 g/mol. The minimum absolute atomic E-state index is 0.0928. The number of rotatable bonds is 5. The van der Waals surface area contributed by atoms with Crippen molar-refractivity contribution in [3.63, 3.8) is 0 Å². The van der Waals surface area contributed by atoms with Crippen molar-refractivity contribution in [1.82, 2.24) is 14.5 Å². The molecule has 0 spiro atoms. The fraction of sp³-hybridized carbons (Fsp3) is 0.200. The lowest BCUT2D eigenvalue weighted by molar-refractivity contribution is 0.0780. The van der Waals surface area contributed by atoms with Crippen molar-refractivity contribution in [1.29, 1.82) is 0 Å². The number of carbonyl (C=O) groups excluding carboxylic acids is 1. The van der Waals surface area contributed by atoms with Gasteiger partial charge in [-0.05, 0) is 41.0 Å². The molecular formula is C25H23N3O2. The number of para-hydroxylation sites is 2. The lowest BCUT2D eigenvalue weighted by Crippen LogP contribution is -2.27. The average molecular weight is 397 g/mol. The molecule has 1 aliphatic heterocycles. The molecule has 4 aromatic rings. The predicted octanol–water partition coefficient (Wildman–Crippen LogP) is 4.45. The van der Waals surface area contributed by atoms with Crippen molar-refractivity contribution >= 4 is 16.9 Å². The Labute approximate surface area is 175 Å². The van der Waals surface area contributed by atoms with Crippen LogP contribution in [-0.4, -0.2) is 34.0 Å². The van der Waals surface area contributed by atoms with E-state index in [1.165, 1.54) is 0 Å². The number of hydrogen-bond donors (Lipinski definition) is 0. The highest BCUT2D eigenvalue weighted by Gasteiger charge is 2.30. The largest absolute Gasteiger partial charge is 0.497 e. The van der Waals surface area contributed by atoms with E-state index in [1.54, 1.807) is 7.11 Å². The second-order valence-electron chi connectivity index (χ2n) is 7.62. The first-order valence-electron chi connectivity index (χ1n) is 10.1. The molecule has 5 heteroatoms. The topological polar surface area (TPSA) is 47.4 Å². The summed E-state index contributed by atoms with van der Waals surface area (Å²) in [6.45, 7) is 1.29. The smallest absolute Gasteiger partial charge is 0.255 e. The molecular weight excluding hydrogens is 374 g/mol. The van der Waals surface area contributed by atoms with E-state index in [2.05, 4.69) is 16.7 Å². The third-order valence-electron chi connectivity index (χ3n) is 5.90. The summed E-state index contributed by atoms with van der Waals surface area (Å²) in [6.07, 6.45) is 0.725. The van der Waals surface area contributed by atoms with Crippen LogP contribution in [0.5, 0.6) is 5.75 Å². The van der Waals surface area contributed by atoms with Gasteiger partial charge in [0.15, 0.2) is 0 Å². The standard InChI is InChI=1S/C25H23N3O2/c1-27-22-9-4-3-8-21(22)26-23(27)14-15-28-16-18-6-5-7-20(24(18)25(28)29)17-10-12-19(30-2)13-11-17/h3-13H,14-16H2,1-2H3. The molecule has 5 nitrogen and oxygen atoms in total. The Morgan fingerprint density at radius 3 is 2.57 bits per heavy atom. The zero-order valence-electron chi connectivity index (χ0n) is 17.1. The molecule has 0 saturated heterocycles. The predicted molar refractivity (Wildman–Crippen MR) is 118 cm³/mol. The first-order valence-corrected chi connectivity index (χ1v) is 10.1. The molecule has 0 radical (unpaired) electrons. The molecule has 0 fully saturated rings. The molecule has 0 unspecified atom stereocenters. The summed E-state index contributed by atoms with van der Waals surface area (Å²) in [5.41, 5.74) is 6.01. The van der Waals surface area contributed by atoms with E-state index >= 15 is 0 Å². The first kappa shape index (κ1) is 18.4. The zero-order valence-corrected chi connectivity index (χ0v) is 17.1. The molecule has 0 aliphatic carbocycles. The van der Waals surface area contributed by atoms with Crippen molar-refractivity contribution < 1.29 is 9.53 Å². The van der Waals surface area contributed by atoms with E-state index in [0.29, 0.717) is 13.1 Å². The number of hydrogen-bond acceptors (Lipinski definition) is 3. The fourth-order valence-electron chi connectivity index (χ4n) is 4.27. The van der Waals surface area contributed by atoms with Crippen molar-refractivity contribution in [2.24, 2.45) is 7.05 Å². The van der Waals surface area contributed by atoms with Gasteiger partial charge in [0.1, 0.15) is 11.6 Å². The number of imidazole rings is 1. The Morgan fingerprint density at radius 1 is 1.00 bits per heavy atom. The average Bonchev–Trinajstić information content (AvgIpc) is 3.29. The first-order chi connectivity index (χ1) is 14.7. The Kier molecular flexibility index (Phi) is 4.51. The number of aryl methyl sites for hydroxylation is 1. The maximum atomic E-state index is 13.3. The van der Waals surface area contributed by atoms with E-state index in [9.17, 15) is 4.79 Å². The van der Waals surface area contributed by atoms with Gasteiger partial charge in [-0.3, -0.25) is 4.79 Å². The molecule has 1 aliphatic rings. The molecule has 0 atom stereocenters. The van der Waals surface area contributed by atoms with Crippen LogP contribution in [0.4, 0.5) is 0 Å². The highest BCUT2D eigenvalue weighted by Crippen LogP contribution is 2.33. The molecule has 0 bridgehead atoms. The summed E-state index contributed by atoms with van der Waals surface area (Å²) in [5.74, 6) is 1.90. The fourth-order valence-corrected chi connectivity index (χ4v) is 4.27. The quantitative estimate of drug-likeness (QED) is 0.500. The third-order valence-corrected chi connectivity index (χ3v) is 5.90. The van der Waals surface area contributed by atoms with Crippen LogP contribution >= 0.6 is 0 Å². The molecule has 150 valence electrons. The third kappa shape index (κ3) is 3.03.